The summed E-state index contributed by atoms with van der Waals surface area (Å²) < 4.78 is 0. The summed E-state index contributed by atoms with van der Waals surface area (Å²) in [7, 11) is 0. The van der Waals surface area contributed by atoms with Crippen LogP contribution in [0.1, 0.15) is 31.9 Å². The number of carboxylic acid groups (broad SMARTS) is 1. The van der Waals surface area contributed by atoms with E-state index in [-0.39, 0.29) is 11.9 Å². The lowest BCUT2D eigenvalue weighted by atomic mass is 9.86. The fourth-order valence-electron chi connectivity index (χ4n) is 2.53. The number of hydrogen-bond donors (Lipinski definition) is 3. The maximum atomic E-state index is 12.3. The highest BCUT2D eigenvalue weighted by Crippen LogP contribution is 2.21. The number of nitrogens with one attached hydrogen (secondary N) is 2. The van der Waals surface area contributed by atoms with Crippen molar-refractivity contribution in [2.24, 2.45) is 5.41 Å². The first-order valence-electron chi connectivity index (χ1n) is 7.12. The molecule has 0 unspecified atom stereocenters. The van der Waals surface area contributed by atoms with Crippen LogP contribution in [0.3, 0.4) is 0 Å². The Kier molecular flexibility index (Phi) is 4.32. The quantitative estimate of drug-likeness (QED) is 0.784. The minimum absolute atomic E-state index is 0.258. The molecule has 1 amide bonds. The average molecular weight is 290 g/mol. The van der Waals surface area contributed by atoms with E-state index < -0.39 is 17.4 Å². The molecule has 5 nitrogen and oxygen atoms in total. The zero-order valence-corrected chi connectivity index (χ0v) is 12.6. The van der Waals surface area contributed by atoms with Gasteiger partial charge in [0.05, 0.1) is 6.04 Å². The average Bonchev–Trinajstić information content (AvgIpc) is 2.42. The van der Waals surface area contributed by atoms with Crippen molar-refractivity contribution in [3.05, 3.63) is 35.4 Å². The Morgan fingerprint density at radius 3 is 2.48 bits per heavy atom. The van der Waals surface area contributed by atoms with Crippen LogP contribution in [-0.4, -0.2) is 29.1 Å². The second-order valence-electron chi connectivity index (χ2n) is 6.55. The largest absolute Gasteiger partial charge is 0.480 e. The first-order chi connectivity index (χ1) is 9.79. The van der Waals surface area contributed by atoms with Crippen LogP contribution in [0.5, 0.6) is 0 Å². The van der Waals surface area contributed by atoms with Crippen molar-refractivity contribution < 1.29 is 14.7 Å². The second kappa shape index (κ2) is 5.85. The lowest BCUT2D eigenvalue weighted by Gasteiger charge is -2.31. The summed E-state index contributed by atoms with van der Waals surface area (Å²) in [5.74, 6) is -1.26. The van der Waals surface area contributed by atoms with Crippen molar-refractivity contribution in [2.75, 3.05) is 0 Å². The van der Waals surface area contributed by atoms with Gasteiger partial charge < -0.3 is 15.7 Å². The molecule has 0 fully saturated rings. The summed E-state index contributed by atoms with van der Waals surface area (Å²) in [6.07, 6.45) is 0.582. The van der Waals surface area contributed by atoms with Crippen molar-refractivity contribution in [1.29, 1.82) is 0 Å². The number of aliphatic carboxylic acids is 1. The Balaban J connectivity index is 2.06. The summed E-state index contributed by atoms with van der Waals surface area (Å²) in [5.41, 5.74) is 1.79. The number of carbonyl (C=O) groups excluding carboxylic acids is 1. The van der Waals surface area contributed by atoms with E-state index in [1.54, 1.807) is 20.8 Å². The molecule has 0 bridgehead atoms. The smallest absolute Gasteiger partial charge is 0.326 e. The Bertz CT molecular complexity index is 549. The highest BCUT2D eigenvalue weighted by Gasteiger charge is 2.35. The molecule has 0 radical (unpaired) electrons. The molecule has 2 rings (SSSR count). The predicted molar refractivity (Wildman–Crippen MR) is 79.8 cm³/mol. The van der Waals surface area contributed by atoms with E-state index in [9.17, 15) is 14.7 Å². The summed E-state index contributed by atoms with van der Waals surface area (Å²) in [6, 6.07) is 6.68. The normalized spacial score (nSPS) is 19.5. The van der Waals surface area contributed by atoms with Crippen molar-refractivity contribution in [3.8, 4) is 0 Å². The van der Waals surface area contributed by atoms with Crippen LogP contribution >= 0.6 is 0 Å². The zero-order chi connectivity index (χ0) is 15.6. The zero-order valence-electron chi connectivity index (χ0n) is 12.6. The molecule has 1 aliphatic rings. The van der Waals surface area contributed by atoms with Crippen LogP contribution in [-0.2, 0) is 22.6 Å². The van der Waals surface area contributed by atoms with Crippen LogP contribution in [0.15, 0.2) is 24.3 Å². The Hall–Kier alpha value is -1.88. The molecule has 0 saturated carbocycles. The maximum Gasteiger partial charge on any atom is 0.326 e. The van der Waals surface area contributed by atoms with Gasteiger partial charge in [-0.15, -0.1) is 0 Å². The minimum atomic E-state index is -1.01. The first-order valence-corrected chi connectivity index (χ1v) is 7.12. The fourth-order valence-corrected chi connectivity index (χ4v) is 2.53. The summed E-state index contributed by atoms with van der Waals surface area (Å²) in [4.78, 5) is 23.7. The van der Waals surface area contributed by atoms with Gasteiger partial charge in [-0.05, 0) is 23.0 Å². The van der Waals surface area contributed by atoms with Gasteiger partial charge in [0.1, 0.15) is 6.04 Å². The molecule has 1 aromatic rings. The molecule has 3 N–H and O–H groups in total. The third-order valence-corrected chi connectivity index (χ3v) is 3.80. The highest BCUT2D eigenvalue weighted by atomic mass is 16.4. The molecule has 0 aromatic heterocycles. The summed E-state index contributed by atoms with van der Waals surface area (Å²) >= 11 is 0. The monoisotopic (exact) mass is 290 g/mol. The van der Waals surface area contributed by atoms with E-state index in [1.807, 2.05) is 24.3 Å². The van der Waals surface area contributed by atoms with Gasteiger partial charge in [-0.25, -0.2) is 4.79 Å². The molecule has 2 atom stereocenters. The second-order valence-corrected chi connectivity index (χ2v) is 6.55. The maximum absolute atomic E-state index is 12.3. The summed E-state index contributed by atoms with van der Waals surface area (Å²) in [5, 5.41) is 15.1. The number of amides is 1. The number of rotatable bonds is 3. The third-order valence-electron chi connectivity index (χ3n) is 3.80. The van der Waals surface area contributed by atoms with Crippen molar-refractivity contribution >= 4 is 11.9 Å². The van der Waals surface area contributed by atoms with Gasteiger partial charge in [-0.1, -0.05) is 45.0 Å². The number of hydrogen-bond acceptors (Lipinski definition) is 3. The number of carbonyl (C=O) groups is 2. The number of fused-ring (bicyclic) bond motifs is 1. The van der Waals surface area contributed by atoms with E-state index in [0.29, 0.717) is 13.0 Å². The Morgan fingerprint density at radius 1 is 1.29 bits per heavy atom. The van der Waals surface area contributed by atoms with Crippen LogP contribution in [0.4, 0.5) is 0 Å². The van der Waals surface area contributed by atoms with Gasteiger partial charge in [-0.3, -0.25) is 4.79 Å². The van der Waals surface area contributed by atoms with Gasteiger partial charge in [0.25, 0.3) is 0 Å². The van der Waals surface area contributed by atoms with E-state index in [1.165, 1.54) is 5.56 Å². The SMILES string of the molecule is CC(C)(C)[C@@H](NC(=O)[C@H]1Cc2ccccc2CN1)C(=O)O. The highest BCUT2D eigenvalue weighted by molar-refractivity contribution is 5.87. The van der Waals surface area contributed by atoms with Crippen molar-refractivity contribution in [1.82, 2.24) is 10.6 Å². The van der Waals surface area contributed by atoms with Crippen LogP contribution in [0.25, 0.3) is 0 Å². The number of carboxylic acids is 1. The minimum Gasteiger partial charge on any atom is -0.480 e. The molecule has 114 valence electrons. The standard InChI is InChI=1S/C16H22N2O3/c1-16(2,3)13(15(20)21)18-14(19)12-8-10-6-4-5-7-11(10)9-17-12/h4-7,12-13,17H,8-9H2,1-3H3,(H,18,19)(H,20,21)/t12-,13+/m1/s1. The van der Waals surface area contributed by atoms with Gasteiger partial charge in [0.2, 0.25) is 5.91 Å². The molecule has 1 aromatic carbocycles. The van der Waals surface area contributed by atoms with Crippen molar-refractivity contribution in [3.63, 3.8) is 0 Å². The summed E-state index contributed by atoms with van der Waals surface area (Å²) in [6.45, 7) is 6.03. The Morgan fingerprint density at radius 2 is 1.90 bits per heavy atom. The topological polar surface area (TPSA) is 78.4 Å². The van der Waals surface area contributed by atoms with Crippen LogP contribution < -0.4 is 10.6 Å². The lowest BCUT2D eigenvalue weighted by molar-refractivity contribution is -0.145. The van der Waals surface area contributed by atoms with Gasteiger partial charge in [-0.2, -0.15) is 0 Å². The molecule has 0 saturated heterocycles. The molecule has 21 heavy (non-hydrogen) atoms. The number of benzene rings is 1. The third kappa shape index (κ3) is 3.61. The fraction of sp³-hybridized carbons (Fsp3) is 0.500. The van der Waals surface area contributed by atoms with Crippen molar-refractivity contribution in [2.45, 2.75) is 45.8 Å². The van der Waals surface area contributed by atoms with Gasteiger partial charge in [0.15, 0.2) is 0 Å². The van der Waals surface area contributed by atoms with Gasteiger partial charge in [0, 0.05) is 6.54 Å². The Labute approximate surface area is 124 Å². The van der Waals surface area contributed by atoms with E-state index in [2.05, 4.69) is 10.6 Å². The molecule has 5 heteroatoms. The van der Waals surface area contributed by atoms with Crippen LogP contribution in [0, 0.1) is 5.41 Å². The molecule has 1 aliphatic heterocycles. The molecular weight excluding hydrogens is 268 g/mol. The molecule has 0 spiro atoms. The molecule has 1 heterocycles. The predicted octanol–water partition coefficient (Wildman–Crippen LogP) is 1.32. The van der Waals surface area contributed by atoms with E-state index in [4.69, 9.17) is 0 Å². The first kappa shape index (κ1) is 15.5. The molecular formula is C16H22N2O3. The lowest BCUT2D eigenvalue weighted by Crippen LogP contribution is -2.55. The van der Waals surface area contributed by atoms with E-state index in [0.717, 1.165) is 5.56 Å². The van der Waals surface area contributed by atoms with E-state index >= 15 is 0 Å². The van der Waals surface area contributed by atoms with Gasteiger partial charge >= 0.3 is 5.97 Å². The molecule has 0 aliphatic carbocycles. The van der Waals surface area contributed by atoms with Crippen LogP contribution in [0.2, 0.25) is 0 Å².